The van der Waals surface area contributed by atoms with Gasteiger partial charge in [-0.1, -0.05) is 49.2 Å². The van der Waals surface area contributed by atoms with Crippen LogP contribution in [0, 0.1) is 0 Å². The number of benzene rings is 3. The summed E-state index contributed by atoms with van der Waals surface area (Å²) in [6.45, 7) is 2.08. The number of aryl methyl sites for hydroxylation is 1. The second-order valence-corrected chi connectivity index (χ2v) is 11.9. The maximum absolute atomic E-state index is 13.0. The second kappa shape index (κ2) is 13.2. The van der Waals surface area contributed by atoms with Crippen molar-refractivity contribution >= 4 is 62.3 Å². The van der Waals surface area contributed by atoms with Crippen LogP contribution in [0.25, 0.3) is 10.8 Å². The van der Waals surface area contributed by atoms with Gasteiger partial charge in [-0.15, -0.1) is 23.1 Å². The second-order valence-electron chi connectivity index (χ2n) is 9.72. The summed E-state index contributed by atoms with van der Waals surface area (Å²) in [5.74, 6) is -0.563. The number of anilines is 2. The quantitative estimate of drug-likeness (QED) is 0.167. The molecule has 0 spiro atoms. The van der Waals surface area contributed by atoms with Crippen molar-refractivity contribution in [2.45, 2.75) is 50.3 Å². The first-order valence-corrected chi connectivity index (χ1v) is 15.5. The van der Waals surface area contributed by atoms with Gasteiger partial charge in [0.1, 0.15) is 5.00 Å². The Bertz CT molecular complexity index is 1550. The van der Waals surface area contributed by atoms with Crippen molar-refractivity contribution in [1.29, 1.82) is 0 Å². The van der Waals surface area contributed by atoms with Crippen LogP contribution in [0.5, 0.6) is 0 Å². The molecule has 40 heavy (non-hydrogen) atoms. The SMILES string of the molecule is CCOC(=O)c1c(NC(=O)CSc2cccc(NC(=O)c3ccc4ccccc4c3)c2)sc2c1CCCCCC2. The van der Waals surface area contributed by atoms with Crippen molar-refractivity contribution in [3.8, 4) is 0 Å². The molecule has 0 radical (unpaired) electrons. The highest BCUT2D eigenvalue weighted by Crippen LogP contribution is 2.38. The Morgan fingerprint density at radius 2 is 1.68 bits per heavy atom. The summed E-state index contributed by atoms with van der Waals surface area (Å²) in [5.41, 5.74) is 2.81. The third-order valence-electron chi connectivity index (χ3n) is 6.88. The fraction of sp³-hybridized carbons (Fsp3) is 0.281. The molecule has 1 heterocycles. The predicted octanol–water partition coefficient (Wildman–Crippen LogP) is 7.72. The fourth-order valence-electron chi connectivity index (χ4n) is 4.94. The van der Waals surface area contributed by atoms with Crippen LogP contribution in [0.4, 0.5) is 10.7 Å². The lowest BCUT2D eigenvalue weighted by molar-refractivity contribution is -0.113. The minimum atomic E-state index is -0.363. The molecular formula is C32H32N2O4S2. The monoisotopic (exact) mass is 572 g/mol. The number of thiophene rings is 1. The van der Waals surface area contributed by atoms with Gasteiger partial charge >= 0.3 is 5.97 Å². The zero-order valence-electron chi connectivity index (χ0n) is 22.5. The molecule has 3 aromatic carbocycles. The number of carbonyl (C=O) groups excluding carboxylic acids is 3. The maximum atomic E-state index is 13.0. The molecule has 5 rings (SSSR count). The molecule has 6 nitrogen and oxygen atoms in total. The van der Waals surface area contributed by atoms with Crippen LogP contribution in [0.3, 0.4) is 0 Å². The van der Waals surface area contributed by atoms with Crippen LogP contribution in [-0.2, 0) is 22.4 Å². The molecule has 2 amide bonds. The van der Waals surface area contributed by atoms with Crippen molar-refractivity contribution in [2.75, 3.05) is 23.0 Å². The standard InChI is InChI=1S/C32H32N2O4S2/c1-2-38-32(37)29-26-14-5-3-4-6-15-27(26)40-31(29)34-28(35)20-39-25-13-9-12-24(19-25)33-30(36)23-17-16-21-10-7-8-11-22(21)18-23/h7-13,16-19H,2-6,14-15,20H2,1H3,(H,33,36)(H,34,35). The molecule has 0 fully saturated rings. The highest BCUT2D eigenvalue weighted by molar-refractivity contribution is 8.00. The van der Waals surface area contributed by atoms with E-state index in [9.17, 15) is 14.4 Å². The smallest absolute Gasteiger partial charge is 0.341 e. The van der Waals surface area contributed by atoms with Gasteiger partial charge in [0.05, 0.1) is 17.9 Å². The summed E-state index contributed by atoms with van der Waals surface area (Å²) in [6.07, 6.45) is 6.22. The first kappa shape index (κ1) is 27.9. The van der Waals surface area contributed by atoms with Crippen LogP contribution in [0.1, 0.15) is 63.8 Å². The number of hydrogen-bond acceptors (Lipinski definition) is 6. The molecular weight excluding hydrogens is 540 g/mol. The predicted molar refractivity (Wildman–Crippen MR) is 164 cm³/mol. The third-order valence-corrected chi connectivity index (χ3v) is 9.08. The van der Waals surface area contributed by atoms with Crippen LogP contribution >= 0.6 is 23.1 Å². The lowest BCUT2D eigenvalue weighted by atomic mass is 9.96. The molecule has 206 valence electrons. The molecule has 0 unspecified atom stereocenters. The van der Waals surface area contributed by atoms with Crippen molar-refractivity contribution in [3.63, 3.8) is 0 Å². The number of rotatable bonds is 8. The molecule has 4 aromatic rings. The van der Waals surface area contributed by atoms with Gasteiger partial charge in [0.15, 0.2) is 0 Å². The van der Waals surface area contributed by atoms with E-state index in [0.717, 1.165) is 53.3 Å². The van der Waals surface area contributed by atoms with Gasteiger partial charge < -0.3 is 15.4 Å². The van der Waals surface area contributed by atoms with E-state index in [-0.39, 0.29) is 23.5 Å². The molecule has 2 N–H and O–H groups in total. The van der Waals surface area contributed by atoms with Gasteiger partial charge in [-0.05, 0) is 79.3 Å². The number of amides is 2. The van der Waals surface area contributed by atoms with Crippen molar-refractivity contribution in [3.05, 3.63) is 88.3 Å². The highest BCUT2D eigenvalue weighted by Gasteiger charge is 2.26. The molecule has 0 atom stereocenters. The molecule has 1 aromatic heterocycles. The van der Waals surface area contributed by atoms with Gasteiger partial charge in [-0.3, -0.25) is 9.59 Å². The molecule has 0 aliphatic heterocycles. The van der Waals surface area contributed by atoms with E-state index >= 15 is 0 Å². The zero-order valence-corrected chi connectivity index (χ0v) is 24.1. The molecule has 1 aliphatic carbocycles. The molecule has 1 aliphatic rings. The third kappa shape index (κ3) is 6.74. The average Bonchev–Trinajstić information content (AvgIpc) is 3.27. The average molecular weight is 573 g/mol. The molecule has 8 heteroatoms. The van der Waals surface area contributed by atoms with E-state index in [1.54, 1.807) is 6.92 Å². The van der Waals surface area contributed by atoms with Gasteiger partial charge in [0.25, 0.3) is 5.91 Å². The zero-order chi connectivity index (χ0) is 27.9. The van der Waals surface area contributed by atoms with Crippen LogP contribution < -0.4 is 10.6 Å². The number of thioether (sulfide) groups is 1. The summed E-state index contributed by atoms with van der Waals surface area (Å²) in [6, 6.07) is 21.0. The van der Waals surface area contributed by atoms with E-state index < -0.39 is 0 Å². The van der Waals surface area contributed by atoms with Crippen molar-refractivity contribution in [1.82, 2.24) is 0 Å². The van der Waals surface area contributed by atoms with Gasteiger partial charge in [-0.2, -0.15) is 0 Å². The first-order chi connectivity index (χ1) is 19.5. The number of ether oxygens (including phenoxy) is 1. The minimum Gasteiger partial charge on any atom is -0.462 e. The van der Waals surface area contributed by atoms with Crippen LogP contribution in [0.2, 0.25) is 0 Å². The summed E-state index contributed by atoms with van der Waals surface area (Å²) >= 11 is 2.88. The van der Waals surface area contributed by atoms with Gasteiger partial charge in [0, 0.05) is 21.0 Å². The Morgan fingerprint density at radius 3 is 2.50 bits per heavy atom. The number of hydrogen-bond donors (Lipinski definition) is 2. The lowest BCUT2D eigenvalue weighted by Gasteiger charge is -2.11. The van der Waals surface area contributed by atoms with Gasteiger partial charge in [-0.25, -0.2) is 4.79 Å². The number of fused-ring (bicyclic) bond motifs is 2. The number of nitrogens with one attached hydrogen (secondary N) is 2. The van der Waals surface area contributed by atoms with E-state index in [1.165, 1.54) is 34.4 Å². The van der Waals surface area contributed by atoms with Gasteiger partial charge in [0.2, 0.25) is 5.91 Å². The summed E-state index contributed by atoms with van der Waals surface area (Å²) < 4.78 is 5.35. The van der Waals surface area contributed by atoms with E-state index in [4.69, 9.17) is 4.74 Å². The topological polar surface area (TPSA) is 84.5 Å². The lowest BCUT2D eigenvalue weighted by Crippen LogP contribution is -2.17. The van der Waals surface area contributed by atoms with Crippen LogP contribution in [-0.4, -0.2) is 30.1 Å². The van der Waals surface area contributed by atoms with E-state index in [2.05, 4.69) is 10.6 Å². The molecule has 0 bridgehead atoms. The van der Waals surface area contributed by atoms with Crippen molar-refractivity contribution in [2.24, 2.45) is 0 Å². The largest absolute Gasteiger partial charge is 0.462 e. The Labute approximate surface area is 242 Å². The number of esters is 1. The minimum absolute atomic E-state index is 0.174. The maximum Gasteiger partial charge on any atom is 0.341 e. The van der Waals surface area contributed by atoms with E-state index in [1.807, 2.05) is 66.7 Å². The first-order valence-electron chi connectivity index (χ1n) is 13.7. The fourth-order valence-corrected chi connectivity index (χ4v) is 6.98. The Morgan fingerprint density at radius 1 is 0.875 bits per heavy atom. The Hall–Kier alpha value is -3.62. The Balaban J connectivity index is 1.23. The normalized spacial score (nSPS) is 13.1. The molecule has 0 saturated heterocycles. The van der Waals surface area contributed by atoms with Crippen LogP contribution in [0.15, 0.2) is 71.6 Å². The van der Waals surface area contributed by atoms with E-state index in [0.29, 0.717) is 28.4 Å². The summed E-state index contributed by atoms with van der Waals surface area (Å²) in [7, 11) is 0. The summed E-state index contributed by atoms with van der Waals surface area (Å²) in [5, 5.41) is 8.63. The Kier molecular flexibility index (Phi) is 9.19. The molecule has 0 saturated carbocycles. The van der Waals surface area contributed by atoms with Crippen molar-refractivity contribution < 1.29 is 19.1 Å². The summed E-state index contributed by atoms with van der Waals surface area (Å²) in [4.78, 5) is 40.7. The number of carbonyl (C=O) groups is 3. The highest BCUT2D eigenvalue weighted by atomic mass is 32.2.